The lowest BCUT2D eigenvalue weighted by molar-refractivity contribution is 0.397. The highest BCUT2D eigenvalue weighted by Gasteiger charge is 2.03. The van der Waals surface area contributed by atoms with Crippen molar-refractivity contribution < 1.29 is 9.84 Å². The average molecular weight is 286 g/mol. The first kappa shape index (κ1) is 15.3. The molecule has 1 atom stereocenters. The molecule has 4 nitrogen and oxygen atoms in total. The number of nitrogens with zero attached hydrogens (tertiary/aromatic N) is 1. The van der Waals surface area contributed by atoms with Crippen molar-refractivity contribution in [1.29, 1.82) is 0 Å². The number of phenolic OH excluding ortho intramolecular Hbond substituents is 1. The summed E-state index contributed by atoms with van der Waals surface area (Å²) >= 11 is 0. The number of rotatable bonds is 7. The van der Waals surface area contributed by atoms with Crippen molar-refractivity contribution >= 4 is 0 Å². The van der Waals surface area contributed by atoms with Gasteiger partial charge in [0, 0.05) is 24.8 Å². The molecule has 1 unspecified atom stereocenters. The number of aromatic nitrogens is 1. The van der Waals surface area contributed by atoms with Crippen molar-refractivity contribution in [3.8, 4) is 11.6 Å². The number of hydrogen-bond acceptors (Lipinski definition) is 4. The molecule has 2 N–H and O–H groups in total. The molecule has 1 aromatic carbocycles. The lowest BCUT2D eigenvalue weighted by Gasteiger charge is -2.14. The summed E-state index contributed by atoms with van der Waals surface area (Å²) in [6.07, 6.45) is 3.88. The van der Waals surface area contributed by atoms with Gasteiger partial charge in [0.25, 0.3) is 0 Å². The maximum Gasteiger partial charge on any atom is 0.212 e. The van der Waals surface area contributed by atoms with Crippen LogP contribution in [0.15, 0.2) is 42.6 Å². The van der Waals surface area contributed by atoms with E-state index >= 15 is 0 Å². The van der Waals surface area contributed by atoms with Crippen LogP contribution in [0.2, 0.25) is 0 Å². The van der Waals surface area contributed by atoms with Crippen LogP contribution in [0.25, 0.3) is 0 Å². The van der Waals surface area contributed by atoms with Gasteiger partial charge in [-0.25, -0.2) is 4.98 Å². The Balaban J connectivity index is 1.73. The summed E-state index contributed by atoms with van der Waals surface area (Å²) in [6.45, 7) is 2.98. The summed E-state index contributed by atoms with van der Waals surface area (Å²) in [4.78, 5) is 4.19. The van der Waals surface area contributed by atoms with Crippen molar-refractivity contribution in [1.82, 2.24) is 10.3 Å². The van der Waals surface area contributed by atoms with E-state index in [0.717, 1.165) is 24.9 Å². The molecule has 2 aromatic rings. The van der Waals surface area contributed by atoms with E-state index in [9.17, 15) is 5.11 Å². The number of pyridine rings is 1. The molecule has 0 aliphatic carbocycles. The molecule has 0 spiro atoms. The van der Waals surface area contributed by atoms with Gasteiger partial charge in [0.2, 0.25) is 5.88 Å². The van der Waals surface area contributed by atoms with E-state index in [1.54, 1.807) is 19.2 Å². The molecule has 1 aromatic heterocycles. The van der Waals surface area contributed by atoms with Gasteiger partial charge in [0.05, 0.1) is 7.11 Å². The second-order valence-corrected chi connectivity index (χ2v) is 5.20. The van der Waals surface area contributed by atoms with Gasteiger partial charge in [-0.15, -0.1) is 0 Å². The van der Waals surface area contributed by atoms with E-state index in [4.69, 9.17) is 4.74 Å². The molecule has 1 heterocycles. The Kier molecular flexibility index (Phi) is 5.58. The van der Waals surface area contributed by atoms with Crippen LogP contribution in [0.5, 0.6) is 11.6 Å². The topological polar surface area (TPSA) is 54.4 Å². The molecule has 0 saturated carbocycles. The molecule has 0 saturated heterocycles. The van der Waals surface area contributed by atoms with Gasteiger partial charge < -0.3 is 15.2 Å². The van der Waals surface area contributed by atoms with Gasteiger partial charge in [-0.05, 0) is 43.0 Å². The molecule has 0 aliphatic rings. The fraction of sp³-hybridized carbons (Fsp3) is 0.353. The minimum atomic E-state index is 0.317. The first-order valence-electron chi connectivity index (χ1n) is 7.17. The van der Waals surface area contributed by atoms with Gasteiger partial charge in [-0.3, -0.25) is 0 Å². The van der Waals surface area contributed by atoms with Gasteiger partial charge in [0.1, 0.15) is 5.75 Å². The third-order valence-electron chi connectivity index (χ3n) is 3.46. The Morgan fingerprint density at radius 3 is 2.48 bits per heavy atom. The Morgan fingerprint density at radius 1 is 1.14 bits per heavy atom. The van der Waals surface area contributed by atoms with Crippen molar-refractivity contribution in [2.75, 3.05) is 7.11 Å². The SMILES string of the molecule is COc1ccc(CNC(C)CCc2ccc(O)cc2)cn1. The standard InChI is InChI=1S/C17H22N2O2/c1-13(3-4-14-5-8-16(20)9-6-14)18-11-15-7-10-17(21-2)19-12-15/h5-10,12-13,18,20H,3-4,11H2,1-2H3. The predicted molar refractivity (Wildman–Crippen MR) is 83.5 cm³/mol. The van der Waals surface area contributed by atoms with E-state index in [-0.39, 0.29) is 0 Å². The Labute approximate surface area is 125 Å². The summed E-state index contributed by atoms with van der Waals surface area (Å²) in [6, 6.07) is 11.7. The summed E-state index contributed by atoms with van der Waals surface area (Å²) in [5.74, 6) is 0.955. The highest BCUT2D eigenvalue weighted by molar-refractivity contribution is 5.26. The second kappa shape index (κ2) is 7.64. The van der Waals surface area contributed by atoms with Crippen LogP contribution in [-0.4, -0.2) is 23.2 Å². The van der Waals surface area contributed by atoms with Crippen molar-refractivity contribution in [3.63, 3.8) is 0 Å². The van der Waals surface area contributed by atoms with Gasteiger partial charge in [-0.1, -0.05) is 18.2 Å². The lowest BCUT2D eigenvalue weighted by atomic mass is 10.1. The fourth-order valence-electron chi connectivity index (χ4n) is 2.08. The van der Waals surface area contributed by atoms with Gasteiger partial charge >= 0.3 is 0 Å². The third-order valence-corrected chi connectivity index (χ3v) is 3.46. The van der Waals surface area contributed by atoms with E-state index in [1.165, 1.54) is 5.56 Å². The monoisotopic (exact) mass is 286 g/mol. The smallest absolute Gasteiger partial charge is 0.212 e. The number of aromatic hydroxyl groups is 1. The van der Waals surface area contributed by atoms with Crippen molar-refractivity contribution in [3.05, 3.63) is 53.7 Å². The Hall–Kier alpha value is -2.07. The lowest BCUT2D eigenvalue weighted by Crippen LogP contribution is -2.26. The summed E-state index contributed by atoms with van der Waals surface area (Å²) < 4.78 is 5.04. The van der Waals surface area contributed by atoms with Crippen LogP contribution < -0.4 is 10.1 Å². The van der Waals surface area contributed by atoms with Crippen LogP contribution in [0, 0.1) is 0 Å². The number of phenols is 1. The first-order chi connectivity index (χ1) is 10.2. The zero-order valence-electron chi connectivity index (χ0n) is 12.5. The van der Waals surface area contributed by atoms with Crippen LogP contribution in [0.4, 0.5) is 0 Å². The molecule has 4 heteroatoms. The number of benzene rings is 1. The Bertz CT molecular complexity index is 538. The largest absolute Gasteiger partial charge is 0.508 e. The molecule has 0 amide bonds. The number of aryl methyl sites for hydroxylation is 1. The molecular formula is C17H22N2O2. The van der Waals surface area contributed by atoms with Crippen LogP contribution in [0.3, 0.4) is 0 Å². The highest BCUT2D eigenvalue weighted by atomic mass is 16.5. The van der Waals surface area contributed by atoms with Crippen molar-refractivity contribution in [2.45, 2.75) is 32.4 Å². The maximum absolute atomic E-state index is 9.25. The summed E-state index contributed by atoms with van der Waals surface area (Å²) in [5, 5.41) is 12.7. The molecular weight excluding hydrogens is 264 g/mol. The minimum Gasteiger partial charge on any atom is -0.508 e. The van der Waals surface area contributed by atoms with E-state index in [1.807, 2.05) is 30.5 Å². The first-order valence-corrected chi connectivity index (χ1v) is 7.17. The van der Waals surface area contributed by atoms with E-state index < -0.39 is 0 Å². The number of hydrogen-bond donors (Lipinski definition) is 2. The van der Waals surface area contributed by atoms with Crippen LogP contribution in [-0.2, 0) is 13.0 Å². The van der Waals surface area contributed by atoms with Crippen LogP contribution >= 0.6 is 0 Å². The molecule has 0 radical (unpaired) electrons. The minimum absolute atomic E-state index is 0.317. The highest BCUT2D eigenvalue weighted by Crippen LogP contribution is 2.12. The summed E-state index contributed by atoms with van der Waals surface area (Å²) in [7, 11) is 1.62. The van der Waals surface area contributed by atoms with E-state index in [0.29, 0.717) is 17.7 Å². The normalized spacial score (nSPS) is 12.1. The summed E-state index contributed by atoms with van der Waals surface area (Å²) in [5.41, 5.74) is 2.39. The van der Waals surface area contributed by atoms with Crippen LogP contribution in [0.1, 0.15) is 24.5 Å². The molecule has 0 fully saturated rings. The molecule has 112 valence electrons. The number of nitrogens with one attached hydrogen (secondary N) is 1. The zero-order chi connectivity index (χ0) is 15.1. The number of methoxy groups -OCH3 is 1. The van der Waals surface area contributed by atoms with Crippen molar-refractivity contribution in [2.24, 2.45) is 0 Å². The van der Waals surface area contributed by atoms with Gasteiger partial charge in [-0.2, -0.15) is 0 Å². The molecule has 0 bridgehead atoms. The molecule has 2 rings (SSSR count). The van der Waals surface area contributed by atoms with Gasteiger partial charge in [0.15, 0.2) is 0 Å². The molecule has 0 aliphatic heterocycles. The third kappa shape index (κ3) is 5.08. The second-order valence-electron chi connectivity index (χ2n) is 5.20. The Morgan fingerprint density at radius 2 is 1.86 bits per heavy atom. The quantitative estimate of drug-likeness (QED) is 0.821. The zero-order valence-corrected chi connectivity index (χ0v) is 12.5. The number of ether oxygens (including phenoxy) is 1. The van der Waals surface area contributed by atoms with E-state index in [2.05, 4.69) is 17.2 Å². The molecule has 21 heavy (non-hydrogen) atoms. The fourth-order valence-corrected chi connectivity index (χ4v) is 2.08. The predicted octanol–water partition coefficient (Wildman–Crippen LogP) is 2.91. The average Bonchev–Trinajstić information content (AvgIpc) is 2.53. The maximum atomic E-state index is 9.25.